The Bertz CT molecular complexity index is 772. The Morgan fingerprint density at radius 1 is 1.36 bits per heavy atom. The summed E-state index contributed by atoms with van der Waals surface area (Å²) >= 11 is 1.59. The van der Waals surface area contributed by atoms with Crippen LogP contribution in [-0.4, -0.2) is 18.4 Å². The van der Waals surface area contributed by atoms with Gasteiger partial charge in [0.25, 0.3) is 0 Å². The van der Waals surface area contributed by atoms with E-state index in [1.807, 2.05) is 0 Å². The van der Waals surface area contributed by atoms with E-state index in [1.165, 1.54) is 24.0 Å². The lowest BCUT2D eigenvalue weighted by molar-refractivity contribution is 0.373. The lowest BCUT2D eigenvalue weighted by Gasteiger charge is -2.09. The van der Waals surface area contributed by atoms with Crippen LogP contribution in [0.3, 0.4) is 0 Å². The van der Waals surface area contributed by atoms with Crippen molar-refractivity contribution >= 4 is 22.6 Å². The molecule has 22 heavy (non-hydrogen) atoms. The van der Waals surface area contributed by atoms with Crippen molar-refractivity contribution in [2.75, 3.05) is 7.11 Å². The van der Waals surface area contributed by atoms with Gasteiger partial charge in [0.15, 0.2) is 11.5 Å². The molecule has 2 aromatic rings. The second kappa shape index (κ2) is 6.20. The predicted octanol–water partition coefficient (Wildman–Crippen LogP) is 3.96. The van der Waals surface area contributed by atoms with Crippen LogP contribution in [0.2, 0.25) is 0 Å². The average Bonchev–Trinajstić information content (AvgIpc) is 2.91. The Balaban J connectivity index is 1.97. The van der Waals surface area contributed by atoms with E-state index in [4.69, 9.17) is 4.74 Å². The maximum atomic E-state index is 10.1. The van der Waals surface area contributed by atoms with Crippen molar-refractivity contribution in [2.24, 2.45) is 4.99 Å². The average molecular weight is 312 g/mol. The molecule has 5 heteroatoms. The first-order valence-electron chi connectivity index (χ1n) is 7.19. The molecule has 0 aliphatic heterocycles. The summed E-state index contributed by atoms with van der Waals surface area (Å²) in [5.74, 6) is 0.475. The number of methoxy groups -OCH3 is 1. The van der Waals surface area contributed by atoms with Crippen LogP contribution in [0.1, 0.15) is 34.4 Å². The molecule has 1 aromatic heterocycles. The molecule has 112 valence electrons. The quantitative estimate of drug-likeness (QED) is 0.872. The van der Waals surface area contributed by atoms with E-state index in [1.54, 1.807) is 35.8 Å². The van der Waals surface area contributed by atoms with Gasteiger partial charge in [0.05, 0.1) is 12.7 Å². The van der Waals surface area contributed by atoms with Crippen LogP contribution < -0.4 is 4.74 Å². The summed E-state index contributed by atoms with van der Waals surface area (Å²) in [7, 11) is 1.51. The largest absolute Gasteiger partial charge is 0.504 e. The summed E-state index contributed by atoms with van der Waals surface area (Å²) in [6.45, 7) is 0. The molecular formula is C17H16N2O2S. The van der Waals surface area contributed by atoms with Crippen LogP contribution in [0.4, 0.5) is 5.00 Å². The molecule has 0 saturated carbocycles. The van der Waals surface area contributed by atoms with Crippen molar-refractivity contribution in [2.45, 2.75) is 25.7 Å². The van der Waals surface area contributed by atoms with E-state index >= 15 is 0 Å². The van der Waals surface area contributed by atoms with Gasteiger partial charge in [-0.3, -0.25) is 0 Å². The summed E-state index contributed by atoms with van der Waals surface area (Å²) in [5, 5.41) is 20.2. The number of thiophene rings is 1. The molecule has 0 amide bonds. The fourth-order valence-electron chi connectivity index (χ4n) is 2.69. The van der Waals surface area contributed by atoms with E-state index < -0.39 is 0 Å². The number of hydrogen-bond acceptors (Lipinski definition) is 5. The molecule has 4 nitrogen and oxygen atoms in total. The number of phenolic OH excluding ortho intramolecular Hbond substituents is 1. The van der Waals surface area contributed by atoms with Crippen LogP contribution in [-0.2, 0) is 12.8 Å². The zero-order chi connectivity index (χ0) is 15.5. The minimum atomic E-state index is 0.0635. The summed E-state index contributed by atoms with van der Waals surface area (Å²) in [6.07, 6.45) is 5.91. The number of phenols is 1. The molecule has 1 aromatic carbocycles. The van der Waals surface area contributed by atoms with Crippen LogP contribution >= 0.6 is 11.3 Å². The Kier molecular flexibility index (Phi) is 4.12. The summed E-state index contributed by atoms with van der Waals surface area (Å²) in [5.41, 5.74) is 2.44. The molecule has 0 bridgehead atoms. The smallest absolute Gasteiger partial charge is 0.166 e. The van der Waals surface area contributed by atoms with Crippen molar-refractivity contribution < 1.29 is 9.84 Å². The minimum absolute atomic E-state index is 0.0635. The fraction of sp³-hybridized carbons (Fsp3) is 0.294. The first kappa shape index (κ1) is 14.6. The van der Waals surface area contributed by atoms with Gasteiger partial charge in [-0.05, 0) is 43.4 Å². The third kappa shape index (κ3) is 2.58. The highest BCUT2D eigenvalue weighted by Gasteiger charge is 2.20. The normalized spacial score (nSPS) is 13.8. The zero-order valence-electron chi connectivity index (χ0n) is 12.3. The Morgan fingerprint density at radius 2 is 2.18 bits per heavy atom. The van der Waals surface area contributed by atoms with E-state index in [0.717, 1.165) is 24.3 Å². The topological polar surface area (TPSA) is 65.6 Å². The van der Waals surface area contributed by atoms with Gasteiger partial charge < -0.3 is 9.84 Å². The second-order valence-corrected chi connectivity index (χ2v) is 6.24. The fourth-order valence-corrected chi connectivity index (χ4v) is 3.88. The van der Waals surface area contributed by atoms with Gasteiger partial charge in [-0.2, -0.15) is 5.26 Å². The highest BCUT2D eigenvalue weighted by atomic mass is 32.1. The summed E-state index contributed by atoms with van der Waals surface area (Å²) < 4.78 is 5.09. The van der Waals surface area contributed by atoms with Gasteiger partial charge in [0.2, 0.25) is 0 Å². The number of aryl methyl sites for hydroxylation is 1. The summed E-state index contributed by atoms with van der Waals surface area (Å²) in [6, 6.07) is 7.54. The molecular weight excluding hydrogens is 296 g/mol. The van der Waals surface area contributed by atoms with E-state index in [9.17, 15) is 10.4 Å². The maximum absolute atomic E-state index is 10.1. The number of ether oxygens (including phenoxy) is 1. The van der Waals surface area contributed by atoms with E-state index in [2.05, 4.69) is 11.1 Å². The van der Waals surface area contributed by atoms with Crippen molar-refractivity contribution in [3.05, 3.63) is 39.8 Å². The van der Waals surface area contributed by atoms with E-state index in [-0.39, 0.29) is 5.75 Å². The van der Waals surface area contributed by atoms with Gasteiger partial charge in [0.1, 0.15) is 11.1 Å². The molecule has 1 aliphatic carbocycles. The molecule has 0 unspecified atom stereocenters. The standard InChI is InChI=1S/C17H16N2O2S/c1-21-14-7-4-5-11(16(14)20)10-19-17-13(9-18)12-6-2-3-8-15(12)22-17/h4-5,7,10,20H,2-3,6,8H2,1H3. The monoisotopic (exact) mass is 312 g/mol. The van der Waals surface area contributed by atoms with Gasteiger partial charge in [-0.25, -0.2) is 4.99 Å². The third-order valence-electron chi connectivity index (χ3n) is 3.84. The Morgan fingerprint density at radius 3 is 2.95 bits per heavy atom. The maximum Gasteiger partial charge on any atom is 0.166 e. The minimum Gasteiger partial charge on any atom is -0.504 e. The molecule has 1 aliphatic rings. The molecule has 0 saturated heterocycles. The van der Waals surface area contributed by atoms with Crippen LogP contribution in [0, 0.1) is 11.3 Å². The summed E-state index contributed by atoms with van der Waals surface area (Å²) in [4.78, 5) is 5.73. The van der Waals surface area contributed by atoms with Crippen LogP contribution in [0.15, 0.2) is 23.2 Å². The first-order valence-corrected chi connectivity index (χ1v) is 8.01. The van der Waals surface area contributed by atoms with Crippen molar-refractivity contribution in [1.82, 2.24) is 0 Å². The number of aliphatic imine (C=N–C) groups is 1. The highest BCUT2D eigenvalue weighted by Crippen LogP contribution is 2.39. The van der Waals surface area contributed by atoms with Crippen molar-refractivity contribution in [1.29, 1.82) is 5.26 Å². The zero-order valence-corrected chi connectivity index (χ0v) is 13.1. The second-order valence-electron chi connectivity index (χ2n) is 5.16. The van der Waals surface area contributed by atoms with Gasteiger partial charge in [0, 0.05) is 16.7 Å². The number of hydrogen-bond donors (Lipinski definition) is 1. The van der Waals surface area contributed by atoms with Gasteiger partial charge >= 0.3 is 0 Å². The SMILES string of the molecule is COc1cccc(C=Nc2sc3c(c2C#N)CCCC3)c1O. The molecule has 0 radical (unpaired) electrons. The van der Waals surface area contributed by atoms with Gasteiger partial charge in [-0.1, -0.05) is 6.07 Å². The lowest BCUT2D eigenvalue weighted by atomic mass is 9.96. The van der Waals surface area contributed by atoms with Crippen molar-refractivity contribution in [3.8, 4) is 17.6 Å². The highest BCUT2D eigenvalue weighted by molar-refractivity contribution is 7.16. The number of rotatable bonds is 3. The van der Waals surface area contributed by atoms with Crippen LogP contribution in [0.5, 0.6) is 11.5 Å². The predicted molar refractivity (Wildman–Crippen MR) is 87.6 cm³/mol. The number of para-hydroxylation sites is 1. The lowest BCUT2D eigenvalue weighted by Crippen LogP contribution is -1.99. The Labute approximate surface area is 133 Å². The Hall–Kier alpha value is -2.32. The number of nitriles is 1. The van der Waals surface area contributed by atoms with Crippen molar-refractivity contribution in [3.63, 3.8) is 0 Å². The van der Waals surface area contributed by atoms with Gasteiger partial charge in [-0.15, -0.1) is 11.3 Å². The number of benzene rings is 1. The number of aromatic hydroxyl groups is 1. The number of nitrogens with zero attached hydrogens (tertiary/aromatic N) is 2. The molecule has 0 fully saturated rings. The molecule has 0 atom stereocenters. The molecule has 1 N–H and O–H groups in total. The van der Waals surface area contributed by atoms with Crippen LogP contribution in [0.25, 0.3) is 0 Å². The third-order valence-corrected chi connectivity index (χ3v) is 5.04. The first-order chi connectivity index (χ1) is 10.7. The number of fused-ring (bicyclic) bond motifs is 1. The molecule has 3 rings (SSSR count). The van der Waals surface area contributed by atoms with E-state index in [0.29, 0.717) is 16.9 Å². The molecule has 0 spiro atoms. The molecule has 1 heterocycles.